The number of halogens is 1. The number of esters is 1. The van der Waals surface area contributed by atoms with E-state index in [9.17, 15) is 4.79 Å². The molecule has 0 radical (unpaired) electrons. The van der Waals surface area contributed by atoms with E-state index in [2.05, 4.69) is 27.7 Å². The number of hydrogen-bond acceptors (Lipinski definition) is 3. The van der Waals surface area contributed by atoms with Gasteiger partial charge in [-0.2, -0.15) is 5.10 Å². The Morgan fingerprint density at radius 1 is 1.62 bits per heavy atom. The molecule has 0 saturated heterocycles. The highest BCUT2D eigenvalue weighted by Crippen LogP contribution is 2.31. The molecule has 4 nitrogen and oxygen atoms in total. The number of aromatic nitrogens is 2. The molecule has 0 amide bonds. The Kier molecular flexibility index (Phi) is 3.83. The summed E-state index contributed by atoms with van der Waals surface area (Å²) < 4.78 is 7.79. The molecule has 88 valence electrons. The Morgan fingerprint density at radius 2 is 2.31 bits per heavy atom. The minimum Gasteiger partial charge on any atom is -0.461 e. The topological polar surface area (TPSA) is 44.1 Å². The SMILES string of the molecule is CCOC(=O)c1c(I)cnn1C1CCCC1. The van der Waals surface area contributed by atoms with Crippen molar-refractivity contribution in [1.29, 1.82) is 0 Å². The van der Waals surface area contributed by atoms with E-state index in [0.29, 0.717) is 18.3 Å². The van der Waals surface area contributed by atoms with E-state index in [1.54, 1.807) is 6.20 Å². The quantitative estimate of drug-likeness (QED) is 0.631. The van der Waals surface area contributed by atoms with Crippen LogP contribution in [-0.2, 0) is 4.74 Å². The van der Waals surface area contributed by atoms with Gasteiger partial charge >= 0.3 is 5.97 Å². The molecule has 0 aromatic carbocycles. The fourth-order valence-electron chi connectivity index (χ4n) is 2.16. The molecular formula is C11H15IN2O2. The second-order valence-electron chi connectivity index (χ2n) is 3.94. The molecule has 1 aromatic heterocycles. The lowest BCUT2D eigenvalue weighted by atomic mass is 10.2. The Bertz CT molecular complexity index is 383. The number of rotatable bonds is 3. The second-order valence-corrected chi connectivity index (χ2v) is 5.11. The number of carbonyl (C=O) groups excluding carboxylic acids is 1. The number of carbonyl (C=O) groups is 1. The van der Waals surface area contributed by atoms with Crippen molar-refractivity contribution in [3.8, 4) is 0 Å². The van der Waals surface area contributed by atoms with Gasteiger partial charge in [-0.05, 0) is 42.4 Å². The zero-order chi connectivity index (χ0) is 11.5. The van der Waals surface area contributed by atoms with Crippen LogP contribution in [0.1, 0.15) is 49.1 Å². The van der Waals surface area contributed by atoms with Crippen LogP contribution >= 0.6 is 22.6 Å². The van der Waals surface area contributed by atoms with Crippen molar-refractivity contribution in [1.82, 2.24) is 9.78 Å². The zero-order valence-electron chi connectivity index (χ0n) is 9.28. The maximum Gasteiger partial charge on any atom is 0.357 e. The highest BCUT2D eigenvalue weighted by molar-refractivity contribution is 14.1. The van der Waals surface area contributed by atoms with Crippen LogP contribution in [0.4, 0.5) is 0 Å². The van der Waals surface area contributed by atoms with E-state index in [1.165, 1.54) is 12.8 Å². The summed E-state index contributed by atoms with van der Waals surface area (Å²) in [5, 5.41) is 4.31. The average molecular weight is 334 g/mol. The standard InChI is InChI=1S/C11H15IN2O2/c1-2-16-11(15)10-9(12)7-13-14(10)8-5-3-4-6-8/h7-8H,2-6H2,1H3. The molecular weight excluding hydrogens is 319 g/mol. The monoisotopic (exact) mass is 334 g/mol. The zero-order valence-corrected chi connectivity index (χ0v) is 11.4. The van der Waals surface area contributed by atoms with Crippen LogP contribution in [0.25, 0.3) is 0 Å². The van der Waals surface area contributed by atoms with Crippen molar-refractivity contribution in [3.63, 3.8) is 0 Å². The van der Waals surface area contributed by atoms with Gasteiger partial charge in [0.15, 0.2) is 5.69 Å². The van der Waals surface area contributed by atoms with Crippen LogP contribution < -0.4 is 0 Å². The van der Waals surface area contributed by atoms with E-state index in [1.807, 2.05) is 11.6 Å². The average Bonchev–Trinajstić information content (AvgIpc) is 2.86. The van der Waals surface area contributed by atoms with Gasteiger partial charge < -0.3 is 4.74 Å². The molecule has 0 bridgehead atoms. The summed E-state index contributed by atoms with van der Waals surface area (Å²) >= 11 is 2.14. The van der Waals surface area contributed by atoms with E-state index in [-0.39, 0.29) is 5.97 Å². The summed E-state index contributed by atoms with van der Waals surface area (Å²) in [5.74, 6) is -0.253. The fourth-order valence-corrected chi connectivity index (χ4v) is 2.75. The Balaban J connectivity index is 2.27. The summed E-state index contributed by atoms with van der Waals surface area (Å²) in [6.45, 7) is 2.23. The normalized spacial score (nSPS) is 16.6. The van der Waals surface area contributed by atoms with Crippen molar-refractivity contribution in [2.24, 2.45) is 0 Å². The highest BCUT2D eigenvalue weighted by atomic mass is 127. The van der Waals surface area contributed by atoms with Crippen molar-refractivity contribution in [3.05, 3.63) is 15.5 Å². The molecule has 0 aliphatic heterocycles. The predicted octanol–water partition coefficient (Wildman–Crippen LogP) is 2.78. The first kappa shape index (κ1) is 11.9. The fraction of sp³-hybridized carbons (Fsp3) is 0.636. The first-order valence-electron chi connectivity index (χ1n) is 5.64. The molecule has 0 spiro atoms. The summed E-state index contributed by atoms with van der Waals surface area (Å²) in [4.78, 5) is 11.8. The van der Waals surface area contributed by atoms with Crippen molar-refractivity contribution in [2.75, 3.05) is 6.61 Å². The van der Waals surface area contributed by atoms with Gasteiger partial charge in [0.2, 0.25) is 0 Å². The predicted molar refractivity (Wildman–Crippen MR) is 68.4 cm³/mol. The van der Waals surface area contributed by atoms with Crippen LogP contribution in [0.2, 0.25) is 0 Å². The molecule has 1 saturated carbocycles. The van der Waals surface area contributed by atoms with Gasteiger partial charge in [0.1, 0.15) is 0 Å². The van der Waals surface area contributed by atoms with Crippen LogP contribution in [0, 0.1) is 3.57 Å². The lowest BCUT2D eigenvalue weighted by Gasteiger charge is -2.13. The molecule has 5 heteroatoms. The number of ether oxygens (including phenoxy) is 1. The maximum atomic E-state index is 11.8. The Hall–Kier alpha value is -0.590. The largest absolute Gasteiger partial charge is 0.461 e. The molecule has 1 fully saturated rings. The van der Waals surface area contributed by atoms with E-state index in [0.717, 1.165) is 16.4 Å². The van der Waals surface area contributed by atoms with Crippen LogP contribution in [-0.4, -0.2) is 22.4 Å². The summed E-state index contributed by atoms with van der Waals surface area (Å²) in [7, 11) is 0. The first-order chi connectivity index (χ1) is 7.74. The van der Waals surface area contributed by atoms with Crippen molar-refractivity contribution in [2.45, 2.75) is 38.6 Å². The van der Waals surface area contributed by atoms with Gasteiger partial charge in [0, 0.05) is 0 Å². The van der Waals surface area contributed by atoms with E-state index >= 15 is 0 Å². The third-order valence-corrected chi connectivity index (χ3v) is 3.68. The highest BCUT2D eigenvalue weighted by Gasteiger charge is 2.25. The van der Waals surface area contributed by atoms with Gasteiger partial charge in [0.25, 0.3) is 0 Å². The summed E-state index contributed by atoms with van der Waals surface area (Å²) in [6, 6.07) is 0.378. The number of nitrogens with zero attached hydrogens (tertiary/aromatic N) is 2. The van der Waals surface area contributed by atoms with Crippen LogP contribution in [0.3, 0.4) is 0 Å². The van der Waals surface area contributed by atoms with E-state index < -0.39 is 0 Å². The van der Waals surface area contributed by atoms with Crippen LogP contribution in [0.5, 0.6) is 0 Å². The Labute approximate surface area is 108 Å². The molecule has 1 aliphatic rings. The second kappa shape index (κ2) is 5.16. The third-order valence-electron chi connectivity index (χ3n) is 2.89. The molecule has 1 heterocycles. The maximum absolute atomic E-state index is 11.8. The third kappa shape index (κ3) is 2.23. The summed E-state index contributed by atoms with van der Waals surface area (Å²) in [6.07, 6.45) is 6.42. The van der Waals surface area contributed by atoms with Gasteiger partial charge in [0.05, 0.1) is 22.4 Å². The van der Waals surface area contributed by atoms with Gasteiger partial charge in [-0.1, -0.05) is 12.8 Å². The van der Waals surface area contributed by atoms with Crippen molar-refractivity contribution >= 4 is 28.6 Å². The smallest absolute Gasteiger partial charge is 0.357 e. The minimum absolute atomic E-state index is 0.253. The lowest BCUT2D eigenvalue weighted by Crippen LogP contribution is -2.17. The van der Waals surface area contributed by atoms with Gasteiger partial charge in [-0.15, -0.1) is 0 Å². The Morgan fingerprint density at radius 3 is 2.94 bits per heavy atom. The molecule has 16 heavy (non-hydrogen) atoms. The first-order valence-corrected chi connectivity index (χ1v) is 6.72. The molecule has 0 atom stereocenters. The molecule has 0 N–H and O–H groups in total. The molecule has 2 rings (SSSR count). The van der Waals surface area contributed by atoms with Crippen LogP contribution in [0.15, 0.2) is 6.20 Å². The van der Waals surface area contributed by atoms with Gasteiger partial charge in [-0.3, -0.25) is 4.68 Å². The van der Waals surface area contributed by atoms with Gasteiger partial charge in [-0.25, -0.2) is 4.79 Å². The number of hydrogen-bond donors (Lipinski definition) is 0. The van der Waals surface area contributed by atoms with Crippen molar-refractivity contribution < 1.29 is 9.53 Å². The van der Waals surface area contributed by atoms with E-state index in [4.69, 9.17) is 4.74 Å². The summed E-state index contributed by atoms with van der Waals surface area (Å²) in [5.41, 5.74) is 0.620. The lowest BCUT2D eigenvalue weighted by molar-refractivity contribution is 0.0507. The minimum atomic E-state index is -0.253. The molecule has 0 unspecified atom stereocenters. The molecule has 1 aliphatic carbocycles. The molecule has 1 aromatic rings.